The molecule has 0 aliphatic carbocycles. The lowest BCUT2D eigenvalue weighted by Gasteiger charge is -2.26. The number of hydrogen-bond donors (Lipinski definition) is 3. The number of aromatic amines is 1. The average Bonchev–Trinajstić information content (AvgIpc) is 2.82. The summed E-state index contributed by atoms with van der Waals surface area (Å²) < 4.78 is 0. The van der Waals surface area contributed by atoms with E-state index >= 15 is 0 Å². The molecule has 0 saturated carbocycles. The van der Waals surface area contributed by atoms with Gasteiger partial charge in [0.1, 0.15) is 0 Å². The largest absolute Gasteiger partial charge is 0.366 e. The van der Waals surface area contributed by atoms with Gasteiger partial charge in [-0.25, -0.2) is 4.98 Å². The van der Waals surface area contributed by atoms with Crippen molar-refractivity contribution in [3.8, 4) is 0 Å². The molecular formula is C12H15N5O. The lowest BCUT2D eigenvalue weighted by atomic mass is 10.2. The Morgan fingerprint density at radius 2 is 2.11 bits per heavy atom. The number of amides is 1. The minimum absolute atomic E-state index is 0.427. The fourth-order valence-corrected chi connectivity index (χ4v) is 2.17. The first-order valence-corrected chi connectivity index (χ1v) is 5.99. The molecule has 0 unspecified atom stereocenters. The third-order valence-electron chi connectivity index (χ3n) is 3.17. The Bertz CT molecular complexity index is 585. The highest BCUT2D eigenvalue weighted by atomic mass is 16.1. The zero-order chi connectivity index (χ0) is 12.5. The average molecular weight is 245 g/mol. The van der Waals surface area contributed by atoms with E-state index in [2.05, 4.69) is 20.2 Å². The molecule has 1 aliphatic heterocycles. The molecule has 2 aromatic rings. The maximum atomic E-state index is 11.1. The van der Waals surface area contributed by atoms with E-state index < -0.39 is 5.91 Å². The third-order valence-corrected chi connectivity index (χ3v) is 3.17. The number of H-pyrrole nitrogens is 1. The van der Waals surface area contributed by atoms with E-state index in [0.29, 0.717) is 5.56 Å². The summed E-state index contributed by atoms with van der Waals surface area (Å²) in [6, 6.07) is 5.28. The summed E-state index contributed by atoms with van der Waals surface area (Å²) in [7, 11) is 0. The number of aromatic nitrogens is 2. The summed E-state index contributed by atoms with van der Waals surface area (Å²) in [5.41, 5.74) is 7.45. The molecule has 4 N–H and O–H groups in total. The standard InChI is InChI=1S/C12H15N5O/c13-11(18)8-1-2-9-10(7-8)16-12(15-9)17-5-3-14-4-6-17/h1-2,7,14H,3-6H2,(H2,13,18)(H,15,16). The van der Waals surface area contributed by atoms with Crippen LogP contribution in [-0.4, -0.2) is 42.1 Å². The van der Waals surface area contributed by atoms with E-state index in [0.717, 1.165) is 43.2 Å². The first-order chi connectivity index (χ1) is 8.74. The van der Waals surface area contributed by atoms with Crippen molar-refractivity contribution in [1.82, 2.24) is 15.3 Å². The van der Waals surface area contributed by atoms with Gasteiger partial charge in [-0.1, -0.05) is 0 Å². The van der Waals surface area contributed by atoms with Gasteiger partial charge in [0, 0.05) is 31.7 Å². The summed E-state index contributed by atoms with van der Waals surface area (Å²) in [6.07, 6.45) is 0. The van der Waals surface area contributed by atoms with Crippen LogP contribution in [0.1, 0.15) is 10.4 Å². The number of nitrogens with one attached hydrogen (secondary N) is 2. The predicted molar refractivity (Wildman–Crippen MR) is 69.7 cm³/mol. The van der Waals surface area contributed by atoms with Crippen molar-refractivity contribution in [2.45, 2.75) is 0 Å². The number of nitrogens with zero attached hydrogens (tertiary/aromatic N) is 2. The van der Waals surface area contributed by atoms with E-state index in [-0.39, 0.29) is 0 Å². The summed E-state index contributed by atoms with van der Waals surface area (Å²) in [4.78, 5) is 21.1. The maximum absolute atomic E-state index is 11.1. The lowest BCUT2D eigenvalue weighted by molar-refractivity contribution is 0.100. The number of carbonyl (C=O) groups is 1. The summed E-state index contributed by atoms with van der Waals surface area (Å²) >= 11 is 0. The second-order valence-corrected chi connectivity index (χ2v) is 4.39. The maximum Gasteiger partial charge on any atom is 0.248 e. The summed E-state index contributed by atoms with van der Waals surface area (Å²) in [5.74, 6) is 0.428. The number of nitrogens with two attached hydrogens (primary N) is 1. The third kappa shape index (κ3) is 1.91. The summed E-state index contributed by atoms with van der Waals surface area (Å²) in [6.45, 7) is 3.79. The van der Waals surface area contributed by atoms with Gasteiger partial charge in [-0.15, -0.1) is 0 Å². The summed E-state index contributed by atoms with van der Waals surface area (Å²) in [5, 5.41) is 3.30. The minimum Gasteiger partial charge on any atom is -0.366 e. The van der Waals surface area contributed by atoms with Gasteiger partial charge in [0.05, 0.1) is 11.0 Å². The van der Waals surface area contributed by atoms with Crippen LogP contribution >= 0.6 is 0 Å². The fraction of sp³-hybridized carbons (Fsp3) is 0.333. The van der Waals surface area contributed by atoms with Crippen LogP contribution in [0, 0.1) is 0 Å². The number of carbonyl (C=O) groups excluding carboxylic acids is 1. The SMILES string of the molecule is NC(=O)c1ccc2[nH]c(N3CCNCC3)nc2c1. The van der Waals surface area contributed by atoms with E-state index in [1.165, 1.54) is 0 Å². The predicted octanol–water partition coefficient (Wildman–Crippen LogP) is 0.0714. The molecule has 1 amide bonds. The molecule has 1 aromatic carbocycles. The zero-order valence-electron chi connectivity index (χ0n) is 9.94. The van der Waals surface area contributed by atoms with Crippen LogP contribution in [0.3, 0.4) is 0 Å². The van der Waals surface area contributed by atoms with E-state index in [1.54, 1.807) is 12.1 Å². The van der Waals surface area contributed by atoms with Gasteiger partial charge in [0.2, 0.25) is 11.9 Å². The van der Waals surface area contributed by atoms with E-state index in [9.17, 15) is 4.79 Å². The van der Waals surface area contributed by atoms with Crippen LogP contribution in [0.15, 0.2) is 18.2 Å². The molecule has 6 nitrogen and oxygen atoms in total. The van der Waals surface area contributed by atoms with Crippen LogP contribution in [0.25, 0.3) is 11.0 Å². The molecule has 0 radical (unpaired) electrons. The number of rotatable bonds is 2. The molecule has 1 saturated heterocycles. The van der Waals surface area contributed by atoms with Gasteiger partial charge in [-0.05, 0) is 18.2 Å². The number of benzene rings is 1. The Morgan fingerprint density at radius 1 is 1.33 bits per heavy atom. The van der Waals surface area contributed by atoms with Gasteiger partial charge >= 0.3 is 0 Å². The molecule has 94 valence electrons. The number of imidazole rings is 1. The topological polar surface area (TPSA) is 87.0 Å². The first kappa shape index (κ1) is 11.0. The number of hydrogen-bond acceptors (Lipinski definition) is 4. The van der Waals surface area contributed by atoms with Gasteiger partial charge in [0.15, 0.2) is 0 Å². The Hall–Kier alpha value is -2.08. The fourth-order valence-electron chi connectivity index (χ4n) is 2.17. The van der Waals surface area contributed by atoms with Crippen LogP contribution in [0.4, 0.5) is 5.95 Å². The van der Waals surface area contributed by atoms with Crippen molar-refractivity contribution in [2.75, 3.05) is 31.1 Å². The van der Waals surface area contributed by atoms with Crippen LogP contribution < -0.4 is 16.0 Å². The minimum atomic E-state index is -0.427. The van der Waals surface area contributed by atoms with Gasteiger partial charge in [0.25, 0.3) is 0 Å². The van der Waals surface area contributed by atoms with Crippen molar-refractivity contribution in [3.05, 3.63) is 23.8 Å². The van der Waals surface area contributed by atoms with Crippen LogP contribution in [0.2, 0.25) is 0 Å². The number of fused-ring (bicyclic) bond motifs is 1. The molecular weight excluding hydrogens is 230 g/mol. The normalized spacial score (nSPS) is 16.1. The van der Waals surface area contributed by atoms with Crippen molar-refractivity contribution in [2.24, 2.45) is 5.73 Å². The Balaban J connectivity index is 1.97. The van der Waals surface area contributed by atoms with Crippen molar-refractivity contribution in [3.63, 3.8) is 0 Å². The molecule has 1 fully saturated rings. The molecule has 0 bridgehead atoms. The van der Waals surface area contributed by atoms with Crippen molar-refractivity contribution in [1.29, 1.82) is 0 Å². The number of primary amides is 1. The van der Waals surface area contributed by atoms with Crippen LogP contribution in [0.5, 0.6) is 0 Å². The Kier molecular flexibility index (Phi) is 2.64. The highest BCUT2D eigenvalue weighted by Gasteiger charge is 2.14. The Morgan fingerprint density at radius 3 is 2.83 bits per heavy atom. The second kappa shape index (κ2) is 4.30. The number of piperazine rings is 1. The van der Waals surface area contributed by atoms with E-state index in [1.807, 2.05) is 6.07 Å². The highest BCUT2D eigenvalue weighted by Crippen LogP contribution is 2.18. The molecule has 2 heterocycles. The quantitative estimate of drug-likeness (QED) is 0.699. The Labute approximate surface area is 104 Å². The first-order valence-electron chi connectivity index (χ1n) is 5.99. The van der Waals surface area contributed by atoms with Gasteiger partial charge in [-0.2, -0.15) is 0 Å². The molecule has 0 spiro atoms. The lowest BCUT2D eigenvalue weighted by Crippen LogP contribution is -2.44. The highest BCUT2D eigenvalue weighted by molar-refractivity contribution is 5.96. The smallest absolute Gasteiger partial charge is 0.248 e. The van der Waals surface area contributed by atoms with Gasteiger partial charge in [-0.3, -0.25) is 4.79 Å². The van der Waals surface area contributed by atoms with E-state index in [4.69, 9.17) is 5.73 Å². The van der Waals surface area contributed by atoms with Gasteiger partial charge < -0.3 is 20.9 Å². The zero-order valence-corrected chi connectivity index (χ0v) is 9.94. The molecule has 3 rings (SSSR count). The second-order valence-electron chi connectivity index (χ2n) is 4.39. The van der Waals surface area contributed by atoms with Crippen LogP contribution in [-0.2, 0) is 0 Å². The van der Waals surface area contributed by atoms with Crippen molar-refractivity contribution >= 4 is 22.9 Å². The number of anilines is 1. The molecule has 1 aromatic heterocycles. The monoisotopic (exact) mass is 245 g/mol. The molecule has 6 heteroatoms. The molecule has 18 heavy (non-hydrogen) atoms. The van der Waals surface area contributed by atoms with Crippen molar-refractivity contribution < 1.29 is 4.79 Å². The molecule has 1 aliphatic rings. The molecule has 0 atom stereocenters.